The molecule has 0 saturated heterocycles. The summed E-state index contributed by atoms with van der Waals surface area (Å²) in [6, 6.07) is 0. The maximum absolute atomic E-state index is 13.3. The van der Waals surface area contributed by atoms with E-state index in [1.54, 1.807) is 26.8 Å². The summed E-state index contributed by atoms with van der Waals surface area (Å²) in [6.07, 6.45) is 0.788. The molecular formula is C29H46O7. The van der Waals surface area contributed by atoms with Gasteiger partial charge in [0, 0.05) is 17.3 Å². The Labute approximate surface area is 214 Å². The van der Waals surface area contributed by atoms with Gasteiger partial charge in [-0.25, -0.2) is 0 Å². The smallest absolute Gasteiger partial charge is 0.159 e. The summed E-state index contributed by atoms with van der Waals surface area (Å²) in [5, 5.41) is 66.2. The van der Waals surface area contributed by atoms with E-state index in [1.165, 1.54) is 0 Å². The molecule has 0 aromatic rings. The Balaban J connectivity index is 1.67. The van der Waals surface area contributed by atoms with Crippen molar-refractivity contribution in [1.82, 2.24) is 0 Å². The van der Waals surface area contributed by atoms with Crippen LogP contribution in [0.2, 0.25) is 0 Å². The molecule has 4 aliphatic carbocycles. The first kappa shape index (κ1) is 27.9. The van der Waals surface area contributed by atoms with Crippen molar-refractivity contribution in [2.45, 2.75) is 115 Å². The summed E-state index contributed by atoms with van der Waals surface area (Å²) in [5.74, 6) is -1.38. The average molecular weight is 507 g/mol. The van der Waals surface area contributed by atoms with Crippen LogP contribution in [0.1, 0.15) is 79.6 Å². The number of allylic oxidation sites excluding steroid dienone is 1. The number of aliphatic hydroxyl groups excluding tert-OH is 4. The van der Waals surface area contributed by atoms with Gasteiger partial charge in [-0.2, -0.15) is 0 Å². The van der Waals surface area contributed by atoms with E-state index < -0.39 is 52.4 Å². The molecule has 0 spiro atoms. The second kappa shape index (κ2) is 8.99. The molecule has 7 heteroatoms. The second-order valence-corrected chi connectivity index (χ2v) is 13.3. The molecule has 12 atom stereocenters. The lowest BCUT2D eigenvalue weighted by Crippen LogP contribution is -2.63. The van der Waals surface area contributed by atoms with Crippen molar-refractivity contribution in [1.29, 1.82) is 0 Å². The van der Waals surface area contributed by atoms with Gasteiger partial charge in [0.2, 0.25) is 0 Å². The van der Waals surface area contributed by atoms with E-state index in [0.717, 1.165) is 5.57 Å². The molecule has 0 unspecified atom stereocenters. The van der Waals surface area contributed by atoms with Crippen molar-refractivity contribution >= 4 is 5.78 Å². The Morgan fingerprint density at radius 1 is 1.17 bits per heavy atom. The average Bonchev–Trinajstić information content (AvgIpc) is 3.05. The minimum atomic E-state index is -1.52. The first-order valence-electron chi connectivity index (χ1n) is 13.6. The molecule has 0 radical (unpaired) electrons. The summed E-state index contributed by atoms with van der Waals surface area (Å²) in [5.41, 5.74) is -2.72. The van der Waals surface area contributed by atoms with Crippen molar-refractivity contribution < 1.29 is 35.4 Å². The van der Waals surface area contributed by atoms with E-state index in [1.807, 2.05) is 13.8 Å². The monoisotopic (exact) mass is 506 g/mol. The number of hydrogen-bond donors (Lipinski definition) is 6. The number of carbonyl (C=O) groups excluding carboxylic acids is 1. The van der Waals surface area contributed by atoms with Crippen LogP contribution in [0.25, 0.3) is 0 Å². The van der Waals surface area contributed by atoms with Crippen molar-refractivity contribution in [2.75, 3.05) is 0 Å². The standard InChI is InChI=1S/C29H46O7/c1-15(2)17(16(3)30)11-25(34)28(6,35)24-8-10-29(36)19-12-21(31)20-13-22(32)23(33)14-26(20,4)18(19)7-9-27(24,29)5/h12,16-18,20,22-25,30,32-36H,1,7-11,13-14H2,2-6H3/t16-,17+,18+,20+,22-,23+,24+,25-,26-,27-,28-,29-/m1/s1. The molecule has 4 rings (SSSR count). The molecule has 204 valence electrons. The zero-order chi connectivity index (χ0) is 27.0. The van der Waals surface area contributed by atoms with Crippen LogP contribution in [-0.4, -0.2) is 72.0 Å². The Hall–Kier alpha value is -1.09. The maximum atomic E-state index is 13.3. The van der Waals surface area contributed by atoms with E-state index >= 15 is 0 Å². The Morgan fingerprint density at radius 3 is 2.39 bits per heavy atom. The van der Waals surface area contributed by atoms with Gasteiger partial charge in [-0.1, -0.05) is 26.0 Å². The van der Waals surface area contributed by atoms with Crippen LogP contribution in [0.3, 0.4) is 0 Å². The van der Waals surface area contributed by atoms with Gasteiger partial charge in [-0.15, -0.1) is 0 Å². The zero-order valence-electron chi connectivity index (χ0n) is 22.4. The molecule has 4 aliphatic rings. The van der Waals surface area contributed by atoms with E-state index in [2.05, 4.69) is 6.58 Å². The third-order valence-electron chi connectivity index (χ3n) is 11.2. The predicted molar refractivity (Wildman–Crippen MR) is 136 cm³/mol. The lowest BCUT2D eigenvalue weighted by molar-refractivity contribution is -0.177. The van der Waals surface area contributed by atoms with Crippen LogP contribution >= 0.6 is 0 Å². The number of ketones is 1. The highest BCUT2D eigenvalue weighted by Gasteiger charge is 2.69. The second-order valence-electron chi connectivity index (χ2n) is 13.3. The number of rotatable bonds is 6. The topological polar surface area (TPSA) is 138 Å². The quantitative estimate of drug-likeness (QED) is 0.304. The molecule has 0 bridgehead atoms. The van der Waals surface area contributed by atoms with Gasteiger partial charge in [0.1, 0.15) is 0 Å². The molecule has 0 heterocycles. The van der Waals surface area contributed by atoms with E-state index in [4.69, 9.17) is 0 Å². The normalized spacial score (nSPS) is 46.5. The summed E-state index contributed by atoms with van der Waals surface area (Å²) >= 11 is 0. The van der Waals surface area contributed by atoms with Crippen molar-refractivity contribution in [3.8, 4) is 0 Å². The molecular weight excluding hydrogens is 460 g/mol. The third kappa shape index (κ3) is 3.88. The van der Waals surface area contributed by atoms with E-state index in [0.29, 0.717) is 37.7 Å². The number of hydrogen-bond acceptors (Lipinski definition) is 7. The summed E-state index contributed by atoms with van der Waals surface area (Å²) in [6.45, 7) is 13.0. The Morgan fingerprint density at radius 2 is 1.81 bits per heavy atom. The largest absolute Gasteiger partial charge is 0.393 e. The van der Waals surface area contributed by atoms with Crippen molar-refractivity contribution in [3.63, 3.8) is 0 Å². The fourth-order valence-corrected chi connectivity index (χ4v) is 8.83. The van der Waals surface area contributed by atoms with Crippen LogP contribution in [-0.2, 0) is 4.79 Å². The lowest BCUT2D eigenvalue weighted by atomic mass is 9.45. The van der Waals surface area contributed by atoms with Gasteiger partial charge in [0.25, 0.3) is 0 Å². The Bertz CT molecular complexity index is 940. The van der Waals surface area contributed by atoms with Gasteiger partial charge in [0.15, 0.2) is 5.78 Å². The van der Waals surface area contributed by atoms with Gasteiger partial charge < -0.3 is 30.6 Å². The van der Waals surface area contributed by atoms with Gasteiger partial charge in [0.05, 0.1) is 35.6 Å². The number of fused-ring (bicyclic) bond motifs is 5. The highest BCUT2D eigenvalue weighted by molar-refractivity contribution is 5.95. The van der Waals surface area contributed by atoms with Crippen molar-refractivity contribution in [3.05, 3.63) is 23.8 Å². The number of carbonyl (C=O) groups is 1. The molecule has 0 aromatic carbocycles. The van der Waals surface area contributed by atoms with Gasteiger partial charge >= 0.3 is 0 Å². The van der Waals surface area contributed by atoms with Crippen LogP contribution in [0.4, 0.5) is 0 Å². The molecule has 3 fully saturated rings. The molecule has 7 nitrogen and oxygen atoms in total. The fraction of sp³-hybridized carbons (Fsp3) is 0.828. The molecule has 0 amide bonds. The lowest BCUT2D eigenvalue weighted by Gasteiger charge is -2.60. The maximum Gasteiger partial charge on any atom is 0.159 e. The van der Waals surface area contributed by atoms with Crippen LogP contribution in [0.5, 0.6) is 0 Å². The van der Waals surface area contributed by atoms with Crippen LogP contribution in [0, 0.1) is 34.5 Å². The highest BCUT2D eigenvalue weighted by atomic mass is 16.3. The van der Waals surface area contributed by atoms with Gasteiger partial charge in [-0.05, 0) is 94.6 Å². The first-order valence-corrected chi connectivity index (χ1v) is 13.6. The van der Waals surface area contributed by atoms with E-state index in [9.17, 15) is 35.4 Å². The summed E-state index contributed by atoms with van der Waals surface area (Å²) in [7, 11) is 0. The van der Waals surface area contributed by atoms with Crippen LogP contribution < -0.4 is 0 Å². The predicted octanol–water partition coefficient (Wildman–Crippen LogP) is 2.27. The summed E-state index contributed by atoms with van der Waals surface area (Å²) in [4.78, 5) is 13.3. The van der Waals surface area contributed by atoms with Crippen molar-refractivity contribution in [2.24, 2.45) is 34.5 Å². The van der Waals surface area contributed by atoms with E-state index in [-0.39, 0.29) is 36.4 Å². The molecule has 36 heavy (non-hydrogen) atoms. The minimum absolute atomic E-state index is 0.0999. The third-order valence-corrected chi connectivity index (χ3v) is 11.2. The molecule has 6 N–H and O–H groups in total. The number of aliphatic hydroxyl groups is 6. The summed E-state index contributed by atoms with van der Waals surface area (Å²) < 4.78 is 0. The molecule has 3 saturated carbocycles. The highest BCUT2D eigenvalue weighted by Crippen LogP contribution is 2.68. The van der Waals surface area contributed by atoms with Gasteiger partial charge in [-0.3, -0.25) is 4.79 Å². The Kier molecular flexibility index (Phi) is 6.98. The van der Waals surface area contributed by atoms with Crippen LogP contribution in [0.15, 0.2) is 23.8 Å². The molecule has 0 aromatic heterocycles. The molecule has 0 aliphatic heterocycles. The SMILES string of the molecule is C=C(C)[C@H](C[C@@H](O)[C@](C)(O)[C@H]1CC[C@@]2(O)C3=CC(=O)[C@@H]4C[C@@H](O)[C@@H](O)C[C@]4(C)[C@H]3CC[C@]12C)[C@@H](C)O. The fourth-order valence-electron chi connectivity index (χ4n) is 8.83. The zero-order valence-corrected chi connectivity index (χ0v) is 22.4. The minimum Gasteiger partial charge on any atom is -0.393 e. The first-order chi connectivity index (χ1) is 16.5.